The number of ether oxygens (including phenoxy) is 1. The second kappa shape index (κ2) is 4.76. The van der Waals surface area contributed by atoms with Crippen molar-refractivity contribution in [2.45, 2.75) is 83.7 Å². The van der Waals surface area contributed by atoms with Gasteiger partial charge in [0.2, 0.25) is 0 Å². The molecule has 6 saturated carbocycles. The molecule has 0 aromatic carbocycles. The molecule has 6 aliphatic carbocycles. The summed E-state index contributed by atoms with van der Waals surface area (Å²) in [5.41, 5.74) is -0.207. The number of hydrogen-bond donors (Lipinski definition) is 0. The Labute approximate surface area is 140 Å². The number of esters is 1. The van der Waals surface area contributed by atoms with Crippen molar-refractivity contribution >= 4 is 5.97 Å². The number of rotatable bonds is 3. The van der Waals surface area contributed by atoms with Gasteiger partial charge in [-0.2, -0.15) is 0 Å². The van der Waals surface area contributed by atoms with Gasteiger partial charge in [-0.25, -0.2) is 0 Å². The van der Waals surface area contributed by atoms with Crippen molar-refractivity contribution in [2.75, 3.05) is 0 Å². The maximum absolute atomic E-state index is 13.4. The molecule has 0 heterocycles. The fourth-order valence-electron chi connectivity index (χ4n) is 7.91. The highest BCUT2D eigenvalue weighted by Crippen LogP contribution is 2.62. The minimum Gasteiger partial charge on any atom is -0.458 e. The molecule has 0 radical (unpaired) electrons. The first-order valence-corrected chi connectivity index (χ1v) is 10.2. The molecule has 23 heavy (non-hydrogen) atoms. The Kier molecular flexibility index (Phi) is 3.06. The van der Waals surface area contributed by atoms with Gasteiger partial charge < -0.3 is 4.74 Å². The van der Waals surface area contributed by atoms with E-state index < -0.39 is 0 Å². The summed E-state index contributed by atoms with van der Waals surface area (Å²) in [5.74, 6) is 4.63. The average Bonchev–Trinajstić information content (AvgIpc) is 3.07. The molecule has 3 atom stereocenters. The first-order valence-electron chi connectivity index (χ1n) is 10.2. The van der Waals surface area contributed by atoms with Gasteiger partial charge in [-0.15, -0.1) is 0 Å². The zero-order valence-corrected chi connectivity index (χ0v) is 14.9. The third kappa shape index (κ3) is 2.02. The molecule has 6 rings (SSSR count). The second-order valence-electron chi connectivity index (χ2n) is 10.3. The van der Waals surface area contributed by atoms with Crippen LogP contribution >= 0.6 is 0 Å². The molecule has 6 bridgehead atoms. The smallest absolute Gasteiger partial charge is 0.312 e. The van der Waals surface area contributed by atoms with Crippen LogP contribution in [-0.2, 0) is 9.53 Å². The van der Waals surface area contributed by atoms with Crippen LogP contribution in [0.15, 0.2) is 0 Å². The van der Waals surface area contributed by atoms with Gasteiger partial charge in [-0.3, -0.25) is 4.79 Å². The molecule has 0 saturated heterocycles. The van der Waals surface area contributed by atoms with Gasteiger partial charge in [-0.1, -0.05) is 13.8 Å². The molecule has 0 amide bonds. The summed E-state index contributed by atoms with van der Waals surface area (Å²) >= 11 is 0. The number of carbonyl (C=O) groups excluding carboxylic acids is 1. The van der Waals surface area contributed by atoms with Crippen LogP contribution in [0.2, 0.25) is 0 Å². The molecule has 0 spiro atoms. The topological polar surface area (TPSA) is 26.3 Å². The molecular formula is C21H32O2. The highest BCUT2D eigenvalue weighted by atomic mass is 16.6. The monoisotopic (exact) mass is 316 g/mol. The SMILES string of the molecule is CC(C)C1(OC(=O)C23CC4CC(CC(C4)C2)C3)CC2CCC1C2. The third-order valence-corrected chi connectivity index (χ3v) is 8.57. The number of fused-ring (bicyclic) bond motifs is 2. The Morgan fingerprint density at radius 3 is 1.91 bits per heavy atom. The summed E-state index contributed by atoms with van der Waals surface area (Å²) < 4.78 is 6.54. The number of carbonyl (C=O) groups is 1. The van der Waals surface area contributed by atoms with Crippen LogP contribution in [0.4, 0.5) is 0 Å². The highest BCUT2D eigenvalue weighted by molar-refractivity contribution is 5.78. The lowest BCUT2D eigenvalue weighted by Crippen LogP contribution is -2.54. The van der Waals surface area contributed by atoms with E-state index in [0.29, 0.717) is 11.8 Å². The Morgan fingerprint density at radius 2 is 1.48 bits per heavy atom. The Hall–Kier alpha value is -0.530. The van der Waals surface area contributed by atoms with Crippen molar-refractivity contribution < 1.29 is 9.53 Å². The molecule has 6 aliphatic rings. The predicted molar refractivity (Wildman–Crippen MR) is 89.7 cm³/mol. The fourth-order valence-corrected chi connectivity index (χ4v) is 7.91. The highest BCUT2D eigenvalue weighted by Gasteiger charge is 2.60. The summed E-state index contributed by atoms with van der Waals surface area (Å²) in [5, 5.41) is 0. The summed E-state index contributed by atoms with van der Waals surface area (Å²) in [6.45, 7) is 4.57. The lowest BCUT2D eigenvalue weighted by atomic mass is 9.49. The number of hydrogen-bond acceptors (Lipinski definition) is 2. The zero-order chi connectivity index (χ0) is 15.8. The second-order valence-corrected chi connectivity index (χ2v) is 10.3. The molecule has 0 aromatic heterocycles. The Bertz CT molecular complexity index is 487. The van der Waals surface area contributed by atoms with E-state index in [0.717, 1.165) is 49.4 Å². The van der Waals surface area contributed by atoms with Crippen LogP contribution in [-0.4, -0.2) is 11.6 Å². The molecule has 2 heteroatoms. The summed E-state index contributed by atoms with van der Waals surface area (Å²) in [6, 6.07) is 0. The van der Waals surface area contributed by atoms with Crippen molar-refractivity contribution in [1.82, 2.24) is 0 Å². The van der Waals surface area contributed by atoms with Gasteiger partial charge in [0.05, 0.1) is 5.41 Å². The van der Waals surface area contributed by atoms with E-state index >= 15 is 0 Å². The summed E-state index contributed by atoms with van der Waals surface area (Å²) in [6.07, 6.45) is 12.7. The largest absolute Gasteiger partial charge is 0.458 e. The van der Waals surface area contributed by atoms with E-state index in [2.05, 4.69) is 13.8 Å². The third-order valence-electron chi connectivity index (χ3n) is 8.57. The van der Waals surface area contributed by atoms with E-state index in [1.807, 2.05) is 0 Å². The van der Waals surface area contributed by atoms with E-state index in [-0.39, 0.29) is 17.0 Å². The van der Waals surface area contributed by atoms with E-state index in [9.17, 15) is 4.79 Å². The Morgan fingerprint density at radius 1 is 0.870 bits per heavy atom. The molecular weight excluding hydrogens is 284 g/mol. The molecule has 3 unspecified atom stereocenters. The molecule has 128 valence electrons. The molecule has 0 aromatic rings. The van der Waals surface area contributed by atoms with Gasteiger partial charge >= 0.3 is 5.97 Å². The Balaban J connectivity index is 1.40. The minimum atomic E-state index is -0.122. The maximum Gasteiger partial charge on any atom is 0.312 e. The molecule has 0 N–H and O–H groups in total. The summed E-state index contributed by atoms with van der Waals surface area (Å²) in [4.78, 5) is 13.4. The van der Waals surface area contributed by atoms with Crippen LogP contribution in [0.1, 0.15) is 78.1 Å². The lowest BCUT2D eigenvalue weighted by molar-refractivity contribution is -0.198. The molecule has 6 fully saturated rings. The first kappa shape index (κ1) is 14.8. The average molecular weight is 316 g/mol. The summed E-state index contributed by atoms with van der Waals surface area (Å²) in [7, 11) is 0. The van der Waals surface area contributed by atoms with Crippen LogP contribution < -0.4 is 0 Å². The van der Waals surface area contributed by atoms with Crippen LogP contribution in [0.3, 0.4) is 0 Å². The fraction of sp³-hybridized carbons (Fsp3) is 0.952. The normalized spacial score (nSPS) is 53.3. The van der Waals surface area contributed by atoms with Crippen molar-refractivity contribution in [3.63, 3.8) is 0 Å². The van der Waals surface area contributed by atoms with Gasteiger partial charge in [0.25, 0.3) is 0 Å². The van der Waals surface area contributed by atoms with Gasteiger partial charge in [0.1, 0.15) is 5.60 Å². The predicted octanol–water partition coefficient (Wildman–Crippen LogP) is 4.96. The van der Waals surface area contributed by atoms with Gasteiger partial charge in [0, 0.05) is 0 Å². The van der Waals surface area contributed by atoms with Crippen molar-refractivity contribution in [3.8, 4) is 0 Å². The van der Waals surface area contributed by atoms with Crippen molar-refractivity contribution in [3.05, 3.63) is 0 Å². The van der Waals surface area contributed by atoms with E-state index in [4.69, 9.17) is 4.74 Å². The molecule has 0 aliphatic heterocycles. The van der Waals surface area contributed by atoms with Crippen molar-refractivity contribution in [1.29, 1.82) is 0 Å². The minimum absolute atomic E-state index is 0.0848. The van der Waals surface area contributed by atoms with Gasteiger partial charge in [-0.05, 0) is 99.7 Å². The van der Waals surface area contributed by atoms with E-state index in [1.165, 1.54) is 38.5 Å². The first-order chi connectivity index (χ1) is 11.0. The zero-order valence-electron chi connectivity index (χ0n) is 14.9. The van der Waals surface area contributed by atoms with Crippen LogP contribution in [0.25, 0.3) is 0 Å². The quantitative estimate of drug-likeness (QED) is 0.688. The maximum atomic E-state index is 13.4. The lowest BCUT2D eigenvalue weighted by Gasteiger charge is -2.56. The van der Waals surface area contributed by atoms with Gasteiger partial charge in [0.15, 0.2) is 0 Å². The van der Waals surface area contributed by atoms with Crippen LogP contribution in [0.5, 0.6) is 0 Å². The van der Waals surface area contributed by atoms with Crippen molar-refractivity contribution in [2.24, 2.45) is 40.9 Å². The van der Waals surface area contributed by atoms with Crippen LogP contribution in [0, 0.1) is 40.9 Å². The standard InChI is InChI=1S/C21H32O2/c1-13(2)21(12-14-3-4-18(21)8-14)23-19(22)20-9-15-5-16(10-20)7-17(6-15)11-20/h13-18H,3-12H2,1-2H3. The van der Waals surface area contributed by atoms with E-state index in [1.54, 1.807) is 0 Å². The molecule has 2 nitrogen and oxygen atoms in total.